The number of nitrogens with zero attached hydrogens (tertiary/aromatic N) is 2. The average molecular weight is 315 g/mol. The highest BCUT2D eigenvalue weighted by atomic mass is 32.1. The van der Waals surface area contributed by atoms with Crippen molar-refractivity contribution in [3.63, 3.8) is 0 Å². The van der Waals surface area contributed by atoms with Gasteiger partial charge in [0.1, 0.15) is 5.01 Å². The van der Waals surface area contributed by atoms with Crippen LogP contribution >= 0.6 is 11.3 Å². The molecule has 0 saturated heterocycles. The van der Waals surface area contributed by atoms with Crippen molar-refractivity contribution in [2.75, 3.05) is 5.32 Å². The van der Waals surface area contributed by atoms with E-state index in [1.54, 1.807) is 12.1 Å². The molecule has 1 unspecified atom stereocenters. The number of esters is 1. The van der Waals surface area contributed by atoms with Crippen molar-refractivity contribution in [3.05, 3.63) is 40.4 Å². The summed E-state index contributed by atoms with van der Waals surface area (Å²) in [7, 11) is 0. The first-order chi connectivity index (χ1) is 10.7. The lowest BCUT2D eigenvalue weighted by Gasteiger charge is -2.23. The van der Waals surface area contributed by atoms with Gasteiger partial charge in [-0.2, -0.15) is 0 Å². The fourth-order valence-corrected chi connectivity index (χ4v) is 3.36. The van der Waals surface area contributed by atoms with Crippen LogP contribution in [0.2, 0.25) is 0 Å². The monoisotopic (exact) mass is 315 g/mol. The molecule has 22 heavy (non-hydrogen) atoms. The molecule has 0 spiro atoms. The predicted molar refractivity (Wildman–Crippen MR) is 79.9 cm³/mol. The largest absolute Gasteiger partial charge is 0.448 e. The minimum Gasteiger partial charge on any atom is -0.448 e. The molecule has 0 bridgehead atoms. The number of carbonyl (C=O) groups excluding carboxylic acids is 2. The number of amides is 1. The molecule has 2 aromatic rings. The van der Waals surface area contributed by atoms with Gasteiger partial charge in [-0.3, -0.25) is 10.1 Å². The van der Waals surface area contributed by atoms with Gasteiger partial charge >= 0.3 is 5.97 Å². The van der Waals surface area contributed by atoms with Crippen LogP contribution in [0, 0.1) is 0 Å². The quantitative estimate of drug-likeness (QED) is 0.878. The number of anilines is 1. The molecular formula is C15H13N3O3S. The first-order valence-electron chi connectivity index (χ1n) is 7.14. The summed E-state index contributed by atoms with van der Waals surface area (Å²) in [5.41, 5.74) is 1.35. The van der Waals surface area contributed by atoms with Crippen LogP contribution in [0.1, 0.15) is 39.7 Å². The molecule has 1 amide bonds. The van der Waals surface area contributed by atoms with Crippen LogP contribution in [0.15, 0.2) is 24.3 Å². The summed E-state index contributed by atoms with van der Waals surface area (Å²) < 4.78 is 5.22. The third-order valence-electron chi connectivity index (χ3n) is 3.78. The number of carbonyl (C=O) groups is 2. The number of cyclic esters (lactones) is 1. The number of rotatable bonds is 3. The van der Waals surface area contributed by atoms with Crippen LogP contribution in [-0.4, -0.2) is 28.2 Å². The van der Waals surface area contributed by atoms with E-state index >= 15 is 0 Å². The SMILES string of the molecule is O=C1OC(C(=O)Nc2nnc(C3CC3)s2)Cc2ccccc21. The van der Waals surface area contributed by atoms with Gasteiger partial charge in [-0.1, -0.05) is 29.5 Å². The minimum atomic E-state index is -0.823. The molecule has 1 fully saturated rings. The summed E-state index contributed by atoms with van der Waals surface area (Å²) in [4.78, 5) is 24.2. The van der Waals surface area contributed by atoms with Crippen molar-refractivity contribution in [1.29, 1.82) is 0 Å². The second-order valence-corrected chi connectivity index (χ2v) is 6.47. The normalized spacial score (nSPS) is 20.2. The van der Waals surface area contributed by atoms with E-state index in [1.165, 1.54) is 11.3 Å². The Labute approximate surface area is 130 Å². The van der Waals surface area contributed by atoms with E-state index in [4.69, 9.17) is 4.74 Å². The molecule has 2 heterocycles. The van der Waals surface area contributed by atoms with E-state index in [0.717, 1.165) is 23.4 Å². The Bertz CT molecular complexity index is 754. The third-order valence-corrected chi connectivity index (χ3v) is 4.78. The van der Waals surface area contributed by atoms with Crippen molar-refractivity contribution in [2.24, 2.45) is 0 Å². The van der Waals surface area contributed by atoms with Crippen LogP contribution in [0.4, 0.5) is 5.13 Å². The number of hydrogen-bond acceptors (Lipinski definition) is 6. The fraction of sp³-hybridized carbons (Fsp3) is 0.333. The van der Waals surface area contributed by atoms with Gasteiger partial charge in [0.05, 0.1) is 5.56 Å². The Morgan fingerprint density at radius 2 is 2.09 bits per heavy atom. The number of ether oxygens (including phenoxy) is 1. The van der Waals surface area contributed by atoms with Gasteiger partial charge in [0.2, 0.25) is 5.13 Å². The zero-order valence-electron chi connectivity index (χ0n) is 11.6. The molecule has 1 aliphatic heterocycles. The molecule has 6 nitrogen and oxygen atoms in total. The molecule has 112 valence electrons. The lowest BCUT2D eigenvalue weighted by atomic mass is 9.98. The molecule has 1 saturated carbocycles. The van der Waals surface area contributed by atoms with Crippen molar-refractivity contribution in [2.45, 2.75) is 31.3 Å². The van der Waals surface area contributed by atoms with E-state index in [9.17, 15) is 9.59 Å². The number of benzene rings is 1. The highest BCUT2D eigenvalue weighted by Gasteiger charge is 2.32. The van der Waals surface area contributed by atoms with Gasteiger partial charge in [-0.15, -0.1) is 10.2 Å². The topological polar surface area (TPSA) is 81.2 Å². The fourth-order valence-electron chi connectivity index (χ4n) is 2.44. The zero-order valence-corrected chi connectivity index (χ0v) is 12.4. The van der Waals surface area contributed by atoms with Gasteiger partial charge in [-0.05, 0) is 24.5 Å². The number of fused-ring (bicyclic) bond motifs is 1. The third kappa shape index (κ3) is 2.48. The lowest BCUT2D eigenvalue weighted by Crippen LogP contribution is -2.37. The van der Waals surface area contributed by atoms with Crippen LogP contribution in [0.5, 0.6) is 0 Å². The predicted octanol–water partition coefficient (Wildman–Crippen LogP) is 2.14. The molecule has 1 atom stereocenters. The number of hydrogen-bond donors (Lipinski definition) is 1. The molecule has 1 N–H and O–H groups in total. The van der Waals surface area contributed by atoms with E-state index in [-0.39, 0.29) is 5.91 Å². The first-order valence-corrected chi connectivity index (χ1v) is 7.95. The van der Waals surface area contributed by atoms with Crippen LogP contribution in [-0.2, 0) is 16.0 Å². The maximum atomic E-state index is 12.3. The van der Waals surface area contributed by atoms with Crippen LogP contribution < -0.4 is 5.32 Å². The van der Waals surface area contributed by atoms with Gasteiger partial charge in [0.15, 0.2) is 6.10 Å². The Balaban J connectivity index is 1.47. The van der Waals surface area contributed by atoms with Crippen molar-refractivity contribution in [3.8, 4) is 0 Å². The summed E-state index contributed by atoms with van der Waals surface area (Å²) in [6, 6.07) is 7.17. The highest BCUT2D eigenvalue weighted by molar-refractivity contribution is 7.15. The van der Waals surface area contributed by atoms with Crippen LogP contribution in [0.25, 0.3) is 0 Å². The number of aromatic nitrogens is 2. The summed E-state index contributed by atoms with van der Waals surface area (Å²) in [5.74, 6) is -0.318. The lowest BCUT2D eigenvalue weighted by molar-refractivity contribution is -0.125. The molecule has 0 radical (unpaired) electrons. The van der Waals surface area contributed by atoms with Gasteiger partial charge in [0.25, 0.3) is 5.91 Å². The maximum absolute atomic E-state index is 12.3. The Kier molecular flexibility index (Phi) is 3.15. The van der Waals surface area contributed by atoms with Gasteiger partial charge in [0, 0.05) is 12.3 Å². The minimum absolute atomic E-state index is 0.360. The molecule has 1 aromatic carbocycles. The molecule has 4 rings (SSSR count). The Morgan fingerprint density at radius 3 is 2.91 bits per heavy atom. The Hall–Kier alpha value is -2.28. The molecule has 2 aliphatic rings. The summed E-state index contributed by atoms with van der Waals surface area (Å²) in [6.07, 6.45) is 1.83. The van der Waals surface area contributed by atoms with E-state index < -0.39 is 12.1 Å². The van der Waals surface area contributed by atoms with Crippen molar-refractivity contribution < 1.29 is 14.3 Å². The van der Waals surface area contributed by atoms with Gasteiger partial charge in [-0.25, -0.2) is 4.79 Å². The molecular weight excluding hydrogens is 302 g/mol. The molecule has 1 aromatic heterocycles. The first kappa shape index (κ1) is 13.4. The Morgan fingerprint density at radius 1 is 1.27 bits per heavy atom. The van der Waals surface area contributed by atoms with E-state index in [0.29, 0.717) is 23.0 Å². The number of nitrogens with one attached hydrogen (secondary N) is 1. The van der Waals surface area contributed by atoms with E-state index in [2.05, 4.69) is 15.5 Å². The highest BCUT2D eigenvalue weighted by Crippen LogP contribution is 2.42. The van der Waals surface area contributed by atoms with Crippen LogP contribution in [0.3, 0.4) is 0 Å². The van der Waals surface area contributed by atoms with Gasteiger partial charge < -0.3 is 4.74 Å². The second kappa shape index (κ2) is 5.17. The summed E-state index contributed by atoms with van der Waals surface area (Å²) >= 11 is 1.39. The summed E-state index contributed by atoms with van der Waals surface area (Å²) in [5, 5.41) is 12.2. The van der Waals surface area contributed by atoms with Crippen molar-refractivity contribution >= 4 is 28.3 Å². The average Bonchev–Trinajstić information content (AvgIpc) is 3.27. The molecule has 1 aliphatic carbocycles. The maximum Gasteiger partial charge on any atom is 0.339 e. The van der Waals surface area contributed by atoms with Crippen molar-refractivity contribution in [1.82, 2.24) is 10.2 Å². The molecule has 7 heteroatoms. The summed E-state index contributed by atoms with van der Waals surface area (Å²) in [6.45, 7) is 0. The second-order valence-electron chi connectivity index (χ2n) is 5.46. The van der Waals surface area contributed by atoms with E-state index in [1.807, 2.05) is 12.1 Å². The zero-order chi connectivity index (χ0) is 15.1. The standard InChI is InChI=1S/C15H13N3O3S/c19-12(16-15-18-17-13(22-15)8-5-6-8)11-7-9-3-1-2-4-10(9)14(20)21-11/h1-4,8,11H,5-7H2,(H,16,18,19). The smallest absolute Gasteiger partial charge is 0.339 e.